The SMILES string of the molecule is CN1C(=O)Cc2cc(C(=O)c3ccccc3F)ccc21. The minimum Gasteiger partial charge on any atom is -0.315 e. The van der Waals surface area contributed by atoms with Crippen LogP contribution < -0.4 is 4.90 Å². The van der Waals surface area contributed by atoms with Gasteiger partial charge in [0.1, 0.15) is 5.82 Å². The van der Waals surface area contributed by atoms with E-state index in [-0.39, 0.29) is 23.7 Å². The number of anilines is 1. The molecule has 4 heteroatoms. The van der Waals surface area contributed by atoms with E-state index >= 15 is 0 Å². The van der Waals surface area contributed by atoms with Crippen LogP contribution in [0.15, 0.2) is 42.5 Å². The lowest BCUT2D eigenvalue weighted by molar-refractivity contribution is -0.117. The van der Waals surface area contributed by atoms with E-state index in [9.17, 15) is 14.0 Å². The molecule has 2 aromatic rings. The van der Waals surface area contributed by atoms with Crippen LogP contribution in [0.5, 0.6) is 0 Å². The normalized spacial score (nSPS) is 13.5. The highest BCUT2D eigenvalue weighted by atomic mass is 19.1. The Hall–Kier alpha value is -2.49. The van der Waals surface area contributed by atoms with E-state index in [2.05, 4.69) is 0 Å². The zero-order chi connectivity index (χ0) is 14.3. The smallest absolute Gasteiger partial charge is 0.231 e. The molecule has 0 unspecified atom stereocenters. The molecule has 1 heterocycles. The Labute approximate surface area is 115 Å². The first-order valence-electron chi connectivity index (χ1n) is 6.26. The summed E-state index contributed by atoms with van der Waals surface area (Å²) in [7, 11) is 1.70. The maximum atomic E-state index is 13.6. The predicted molar refractivity (Wildman–Crippen MR) is 73.4 cm³/mol. The summed E-state index contributed by atoms with van der Waals surface area (Å²) in [6.45, 7) is 0. The van der Waals surface area contributed by atoms with Crippen LogP contribution in [0.25, 0.3) is 0 Å². The molecule has 0 saturated heterocycles. The fourth-order valence-corrected chi connectivity index (χ4v) is 2.41. The first kappa shape index (κ1) is 12.5. The topological polar surface area (TPSA) is 37.4 Å². The first-order valence-corrected chi connectivity index (χ1v) is 6.26. The summed E-state index contributed by atoms with van der Waals surface area (Å²) in [6.07, 6.45) is 0.282. The van der Waals surface area contributed by atoms with E-state index in [1.807, 2.05) is 0 Å². The Bertz CT molecular complexity index is 724. The number of hydrogen-bond acceptors (Lipinski definition) is 2. The van der Waals surface area contributed by atoms with Crippen molar-refractivity contribution in [3.63, 3.8) is 0 Å². The third kappa shape index (κ3) is 1.90. The van der Waals surface area contributed by atoms with Crippen LogP contribution in [0.4, 0.5) is 10.1 Å². The van der Waals surface area contributed by atoms with Crippen molar-refractivity contribution in [2.24, 2.45) is 0 Å². The number of amides is 1. The third-order valence-corrected chi connectivity index (χ3v) is 3.54. The summed E-state index contributed by atoms with van der Waals surface area (Å²) in [5.41, 5.74) is 2.06. The van der Waals surface area contributed by atoms with Crippen molar-refractivity contribution in [1.29, 1.82) is 0 Å². The molecule has 0 spiro atoms. The van der Waals surface area contributed by atoms with E-state index in [0.717, 1.165) is 11.3 Å². The number of halogens is 1. The van der Waals surface area contributed by atoms with Gasteiger partial charge >= 0.3 is 0 Å². The summed E-state index contributed by atoms with van der Waals surface area (Å²) < 4.78 is 13.6. The lowest BCUT2D eigenvalue weighted by Gasteiger charge is -2.10. The van der Waals surface area contributed by atoms with Crippen molar-refractivity contribution in [1.82, 2.24) is 0 Å². The van der Waals surface area contributed by atoms with Gasteiger partial charge in [0.05, 0.1) is 12.0 Å². The van der Waals surface area contributed by atoms with Crippen LogP contribution >= 0.6 is 0 Å². The van der Waals surface area contributed by atoms with Crippen molar-refractivity contribution in [3.8, 4) is 0 Å². The van der Waals surface area contributed by atoms with Crippen LogP contribution in [-0.2, 0) is 11.2 Å². The number of fused-ring (bicyclic) bond motifs is 1. The molecular formula is C16H12FNO2. The summed E-state index contributed by atoms with van der Waals surface area (Å²) in [6, 6.07) is 10.9. The van der Waals surface area contributed by atoms with Gasteiger partial charge in [-0.05, 0) is 35.9 Å². The van der Waals surface area contributed by atoms with E-state index in [1.54, 1.807) is 42.3 Å². The number of carbonyl (C=O) groups excluding carboxylic acids is 2. The molecule has 3 rings (SSSR count). The Morgan fingerprint density at radius 3 is 2.70 bits per heavy atom. The average molecular weight is 269 g/mol. The van der Waals surface area contributed by atoms with Crippen LogP contribution in [0, 0.1) is 5.82 Å². The molecule has 1 amide bonds. The molecule has 1 aliphatic heterocycles. The molecule has 0 radical (unpaired) electrons. The molecule has 0 atom stereocenters. The van der Waals surface area contributed by atoms with Gasteiger partial charge < -0.3 is 4.90 Å². The Morgan fingerprint density at radius 1 is 1.20 bits per heavy atom. The minimum atomic E-state index is -0.536. The van der Waals surface area contributed by atoms with Crippen LogP contribution in [0.1, 0.15) is 21.5 Å². The molecule has 0 bridgehead atoms. The highest BCUT2D eigenvalue weighted by Crippen LogP contribution is 2.29. The van der Waals surface area contributed by atoms with Crippen molar-refractivity contribution in [3.05, 3.63) is 65.0 Å². The largest absolute Gasteiger partial charge is 0.315 e. The van der Waals surface area contributed by atoms with Crippen molar-refractivity contribution < 1.29 is 14.0 Å². The van der Waals surface area contributed by atoms with E-state index < -0.39 is 5.82 Å². The maximum Gasteiger partial charge on any atom is 0.231 e. The van der Waals surface area contributed by atoms with Crippen molar-refractivity contribution in [2.45, 2.75) is 6.42 Å². The molecular weight excluding hydrogens is 257 g/mol. The second kappa shape index (κ2) is 4.56. The fourth-order valence-electron chi connectivity index (χ4n) is 2.41. The van der Waals surface area contributed by atoms with Gasteiger partial charge in [0.15, 0.2) is 5.78 Å². The number of likely N-dealkylation sites (N-methyl/N-ethyl adjacent to an activating group) is 1. The van der Waals surface area contributed by atoms with Gasteiger partial charge in [-0.1, -0.05) is 12.1 Å². The van der Waals surface area contributed by atoms with Gasteiger partial charge in [0, 0.05) is 18.3 Å². The van der Waals surface area contributed by atoms with Gasteiger partial charge in [-0.2, -0.15) is 0 Å². The van der Waals surface area contributed by atoms with Gasteiger partial charge in [-0.3, -0.25) is 9.59 Å². The zero-order valence-corrected chi connectivity index (χ0v) is 10.9. The monoisotopic (exact) mass is 269 g/mol. The molecule has 3 nitrogen and oxygen atoms in total. The minimum absolute atomic E-state index is 0.00418. The van der Waals surface area contributed by atoms with Crippen LogP contribution in [-0.4, -0.2) is 18.7 Å². The predicted octanol–water partition coefficient (Wildman–Crippen LogP) is 2.58. The highest BCUT2D eigenvalue weighted by Gasteiger charge is 2.25. The molecule has 20 heavy (non-hydrogen) atoms. The highest BCUT2D eigenvalue weighted by molar-refractivity contribution is 6.10. The average Bonchev–Trinajstić information content (AvgIpc) is 2.73. The first-order chi connectivity index (χ1) is 9.58. The lowest BCUT2D eigenvalue weighted by atomic mass is 10.00. The summed E-state index contributed by atoms with van der Waals surface area (Å²) in [5, 5.41) is 0. The van der Waals surface area contributed by atoms with Gasteiger partial charge in [0.2, 0.25) is 5.91 Å². The zero-order valence-electron chi connectivity index (χ0n) is 10.9. The molecule has 0 aromatic heterocycles. The number of carbonyl (C=O) groups is 2. The van der Waals surface area contributed by atoms with Crippen LogP contribution in [0.3, 0.4) is 0 Å². The second-order valence-corrected chi connectivity index (χ2v) is 4.78. The summed E-state index contributed by atoms with van der Waals surface area (Å²) in [4.78, 5) is 25.5. The fraction of sp³-hybridized carbons (Fsp3) is 0.125. The molecule has 0 fully saturated rings. The van der Waals surface area contributed by atoms with E-state index in [4.69, 9.17) is 0 Å². The molecule has 100 valence electrons. The van der Waals surface area contributed by atoms with Gasteiger partial charge in [-0.25, -0.2) is 4.39 Å². The van der Waals surface area contributed by atoms with Gasteiger partial charge in [-0.15, -0.1) is 0 Å². The second-order valence-electron chi connectivity index (χ2n) is 4.78. The number of hydrogen-bond donors (Lipinski definition) is 0. The number of nitrogens with zero attached hydrogens (tertiary/aromatic N) is 1. The standard InChI is InChI=1S/C16H12FNO2/c1-18-14-7-6-10(8-11(14)9-15(18)19)16(20)12-4-2-3-5-13(12)17/h2-8H,9H2,1H3. The summed E-state index contributed by atoms with van der Waals surface area (Å²) in [5.74, 6) is -0.908. The van der Waals surface area contributed by atoms with Crippen LogP contribution in [0.2, 0.25) is 0 Å². The Balaban J connectivity index is 2.01. The maximum absolute atomic E-state index is 13.6. The Morgan fingerprint density at radius 2 is 1.95 bits per heavy atom. The molecule has 0 N–H and O–H groups in total. The molecule has 0 saturated carbocycles. The lowest BCUT2D eigenvalue weighted by Crippen LogP contribution is -2.20. The number of ketones is 1. The molecule has 0 aliphatic carbocycles. The van der Waals surface area contributed by atoms with E-state index in [0.29, 0.717) is 5.56 Å². The summed E-state index contributed by atoms with van der Waals surface area (Å²) >= 11 is 0. The molecule has 2 aromatic carbocycles. The Kier molecular flexibility index (Phi) is 2.86. The van der Waals surface area contributed by atoms with Crippen molar-refractivity contribution in [2.75, 3.05) is 11.9 Å². The van der Waals surface area contributed by atoms with E-state index in [1.165, 1.54) is 12.1 Å². The quantitative estimate of drug-likeness (QED) is 0.786. The number of benzene rings is 2. The van der Waals surface area contributed by atoms with Crippen molar-refractivity contribution >= 4 is 17.4 Å². The van der Waals surface area contributed by atoms with Gasteiger partial charge in [0.25, 0.3) is 0 Å². The number of rotatable bonds is 2. The third-order valence-electron chi connectivity index (χ3n) is 3.54. The molecule has 1 aliphatic rings.